The van der Waals surface area contributed by atoms with E-state index in [9.17, 15) is 9.59 Å². The molecule has 0 aliphatic rings. The maximum absolute atomic E-state index is 13.0. The first-order chi connectivity index (χ1) is 20.8. The number of aryl methyl sites for hydroxylation is 1. The third-order valence-corrected chi connectivity index (χ3v) is 8.01. The third kappa shape index (κ3) is 11.1. The number of nitrogens with one attached hydrogen (secondary N) is 2. The van der Waals surface area contributed by atoms with Crippen molar-refractivity contribution < 1.29 is 19.1 Å². The fraction of sp³-hybridized carbons (Fsp3) is 0.459. The Hall–Kier alpha value is -3.80. The summed E-state index contributed by atoms with van der Waals surface area (Å²) in [6.45, 7) is 10.7. The SMILES string of the molecule is CCCCCCC(C)c1ccccc1OC(=O)Nc1ccc(C)c(NC(=O)Oc2ccccc2C(C)CCCCCC)c1. The van der Waals surface area contributed by atoms with Crippen molar-refractivity contribution in [3.05, 3.63) is 83.4 Å². The normalized spacial score (nSPS) is 12.3. The van der Waals surface area contributed by atoms with Crippen LogP contribution in [0.25, 0.3) is 0 Å². The van der Waals surface area contributed by atoms with Crippen molar-refractivity contribution in [3.8, 4) is 11.5 Å². The summed E-state index contributed by atoms with van der Waals surface area (Å²) in [5.74, 6) is 1.71. The molecule has 6 nitrogen and oxygen atoms in total. The summed E-state index contributed by atoms with van der Waals surface area (Å²) in [5, 5.41) is 5.65. The van der Waals surface area contributed by atoms with Gasteiger partial charge < -0.3 is 9.47 Å². The van der Waals surface area contributed by atoms with Gasteiger partial charge >= 0.3 is 12.2 Å². The molecule has 0 radical (unpaired) electrons. The van der Waals surface area contributed by atoms with Crippen LogP contribution in [-0.2, 0) is 0 Å². The number of para-hydroxylation sites is 2. The molecule has 0 aliphatic heterocycles. The Morgan fingerprint density at radius 1 is 0.651 bits per heavy atom. The molecule has 6 heteroatoms. The number of rotatable bonds is 16. The number of anilines is 2. The predicted octanol–water partition coefficient (Wildman–Crippen LogP) is 11.4. The van der Waals surface area contributed by atoms with Gasteiger partial charge in [-0.2, -0.15) is 0 Å². The average molecular weight is 587 g/mol. The minimum atomic E-state index is -0.579. The van der Waals surface area contributed by atoms with Gasteiger partial charge in [-0.1, -0.05) is 122 Å². The molecule has 232 valence electrons. The first kappa shape index (κ1) is 33.7. The van der Waals surface area contributed by atoms with E-state index in [2.05, 4.69) is 38.3 Å². The van der Waals surface area contributed by atoms with Gasteiger partial charge in [0.25, 0.3) is 0 Å². The molecule has 0 saturated carbocycles. The first-order valence-electron chi connectivity index (χ1n) is 16.1. The van der Waals surface area contributed by atoms with E-state index in [4.69, 9.17) is 9.47 Å². The number of benzene rings is 3. The van der Waals surface area contributed by atoms with Crippen molar-refractivity contribution in [2.75, 3.05) is 10.6 Å². The van der Waals surface area contributed by atoms with Gasteiger partial charge in [0.2, 0.25) is 0 Å². The van der Waals surface area contributed by atoms with E-state index in [1.54, 1.807) is 12.1 Å². The Morgan fingerprint density at radius 2 is 1.14 bits per heavy atom. The quantitative estimate of drug-likeness (QED) is 0.164. The third-order valence-electron chi connectivity index (χ3n) is 8.01. The van der Waals surface area contributed by atoms with E-state index in [1.165, 1.54) is 38.5 Å². The van der Waals surface area contributed by atoms with Gasteiger partial charge in [0.05, 0.1) is 0 Å². The fourth-order valence-electron chi connectivity index (χ4n) is 5.34. The summed E-state index contributed by atoms with van der Waals surface area (Å²) in [4.78, 5) is 25.8. The summed E-state index contributed by atoms with van der Waals surface area (Å²) in [7, 11) is 0. The molecular weight excluding hydrogens is 536 g/mol. The fourth-order valence-corrected chi connectivity index (χ4v) is 5.34. The molecule has 0 fully saturated rings. The summed E-state index contributed by atoms with van der Waals surface area (Å²) in [6, 6.07) is 20.8. The molecule has 3 aromatic rings. The molecule has 0 aliphatic carbocycles. The van der Waals surface area contributed by atoms with Gasteiger partial charge in [0.1, 0.15) is 11.5 Å². The molecule has 2 atom stereocenters. The molecule has 2 N–H and O–H groups in total. The standard InChI is InChI=1S/C37H50N2O4/c1-6-8-10-12-18-27(3)31-20-14-16-22-34(31)42-36(40)38-30-25-24-29(5)33(26-30)39-37(41)43-35-23-17-15-21-32(35)28(4)19-13-11-9-7-2/h14-17,20-28H,6-13,18-19H2,1-5H3,(H,38,40)(H,39,41). The molecule has 0 bridgehead atoms. The second-order valence-corrected chi connectivity index (χ2v) is 11.6. The number of unbranched alkanes of at least 4 members (excludes halogenated alkanes) is 6. The Bertz CT molecular complexity index is 1310. The van der Waals surface area contributed by atoms with E-state index < -0.39 is 12.2 Å². The van der Waals surface area contributed by atoms with Gasteiger partial charge in [0, 0.05) is 11.4 Å². The van der Waals surface area contributed by atoms with Gasteiger partial charge in [-0.25, -0.2) is 9.59 Å². The molecule has 0 aromatic heterocycles. The number of carbonyl (C=O) groups is 2. The van der Waals surface area contributed by atoms with Crippen molar-refractivity contribution in [2.45, 2.75) is 111 Å². The number of hydrogen-bond acceptors (Lipinski definition) is 4. The first-order valence-corrected chi connectivity index (χ1v) is 16.1. The molecule has 2 unspecified atom stereocenters. The number of amides is 2. The smallest absolute Gasteiger partial charge is 0.410 e. The van der Waals surface area contributed by atoms with Gasteiger partial charge in [-0.3, -0.25) is 10.6 Å². The summed E-state index contributed by atoms with van der Waals surface area (Å²) in [6.07, 6.45) is 10.6. The lowest BCUT2D eigenvalue weighted by molar-refractivity contribution is 0.213. The summed E-state index contributed by atoms with van der Waals surface area (Å²) < 4.78 is 11.5. The van der Waals surface area contributed by atoms with Gasteiger partial charge in [-0.05, 0) is 72.6 Å². The van der Waals surface area contributed by atoms with E-state index in [0.29, 0.717) is 22.9 Å². The van der Waals surface area contributed by atoms with Crippen molar-refractivity contribution >= 4 is 23.6 Å². The predicted molar refractivity (Wildman–Crippen MR) is 178 cm³/mol. The monoisotopic (exact) mass is 586 g/mol. The molecule has 0 saturated heterocycles. The van der Waals surface area contributed by atoms with Crippen molar-refractivity contribution in [2.24, 2.45) is 0 Å². The Balaban J connectivity index is 1.61. The van der Waals surface area contributed by atoms with E-state index in [0.717, 1.165) is 42.4 Å². The van der Waals surface area contributed by atoms with E-state index >= 15 is 0 Å². The summed E-state index contributed by atoms with van der Waals surface area (Å²) >= 11 is 0. The highest BCUT2D eigenvalue weighted by molar-refractivity contribution is 5.91. The van der Waals surface area contributed by atoms with Crippen LogP contribution in [0.15, 0.2) is 66.7 Å². The van der Waals surface area contributed by atoms with Crippen LogP contribution < -0.4 is 20.1 Å². The number of hydrogen-bond donors (Lipinski definition) is 2. The van der Waals surface area contributed by atoms with Crippen molar-refractivity contribution in [1.82, 2.24) is 0 Å². The van der Waals surface area contributed by atoms with Crippen LogP contribution in [0.2, 0.25) is 0 Å². The molecule has 43 heavy (non-hydrogen) atoms. The lowest BCUT2D eigenvalue weighted by Crippen LogP contribution is -2.20. The van der Waals surface area contributed by atoms with Crippen LogP contribution in [0, 0.1) is 6.92 Å². The van der Waals surface area contributed by atoms with Crippen LogP contribution in [0.5, 0.6) is 11.5 Å². The molecule has 3 rings (SSSR count). The van der Waals surface area contributed by atoms with Crippen LogP contribution in [0.1, 0.15) is 120 Å². The minimum Gasteiger partial charge on any atom is -0.410 e. The van der Waals surface area contributed by atoms with Crippen LogP contribution >= 0.6 is 0 Å². The Morgan fingerprint density at radius 3 is 1.65 bits per heavy atom. The number of ether oxygens (including phenoxy) is 2. The minimum absolute atomic E-state index is 0.287. The van der Waals surface area contributed by atoms with Gasteiger partial charge in [-0.15, -0.1) is 0 Å². The van der Waals surface area contributed by atoms with Gasteiger partial charge in [0.15, 0.2) is 0 Å². The maximum Gasteiger partial charge on any atom is 0.417 e. The lowest BCUT2D eigenvalue weighted by atomic mass is 9.94. The largest absolute Gasteiger partial charge is 0.417 e. The molecule has 0 heterocycles. The Labute approximate surface area is 258 Å². The van der Waals surface area contributed by atoms with E-state index in [1.807, 2.05) is 61.5 Å². The average Bonchev–Trinajstić information content (AvgIpc) is 2.99. The van der Waals surface area contributed by atoms with Crippen molar-refractivity contribution in [3.63, 3.8) is 0 Å². The van der Waals surface area contributed by atoms with Crippen LogP contribution in [0.3, 0.4) is 0 Å². The molecule has 3 aromatic carbocycles. The zero-order chi connectivity index (χ0) is 31.0. The molecule has 2 amide bonds. The van der Waals surface area contributed by atoms with Crippen molar-refractivity contribution in [1.29, 1.82) is 0 Å². The van der Waals surface area contributed by atoms with Crippen LogP contribution in [0.4, 0.5) is 21.0 Å². The Kier molecular flexibility index (Phi) is 14.1. The second kappa shape index (κ2) is 18.0. The summed E-state index contributed by atoms with van der Waals surface area (Å²) in [5.41, 5.74) is 3.96. The van der Waals surface area contributed by atoms with E-state index in [-0.39, 0.29) is 11.8 Å². The highest BCUT2D eigenvalue weighted by Crippen LogP contribution is 2.32. The zero-order valence-corrected chi connectivity index (χ0v) is 26.7. The lowest BCUT2D eigenvalue weighted by Gasteiger charge is -2.17. The maximum atomic E-state index is 13.0. The second-order valence-electron chi connectivity index (χ2n) is 11.6. The topological polar surface area (TPSA) is 76.7 Å². The molecular formula is C37H50N2O4. The van der Waals surface area contributed by atoms with Crippen LogP contribution in [-0.4, -0.2) is 12.2 Å². The highest BCUT2D eigenvalue weighted by atomic mass is 16.6. The molecule has 0 spiro atoms. The zero-order valence-electron chi connectivity index (χ0n) is 26.7. The number of carbonyl (C=O) groups excluding carboxylic acids is 2. The highest BCUT2D eigenvalue weighted by Gasteiger charge is 2.17.